The van der Waals surface area contributed by atoms with Crippen molar-refractivity contribution in [2.75, 3.05) is 6.54 Å². The van der Waals surface area contributed by atoms with Crippen molar-refractivity contribution in [1.82, 2.24) is 5.32 Å². The summed E-state index contributed by atoms with van der Waals surface area (Å²) in [6.45, 7) is 0.693. The van der Waals surface area contributed by atoms with E-state index in [1.807, 2.05) is 18.2 Å². The Bertz CT molecular complexity index is 567. The van der Waals surface area contributed by atoms with Crippen molar-refractivity contribution in [2.24, 2.45) is 5.92 Å². The van der Waals surface area contributed by atoms with Gasteiger partial charge >= 0.3 is 0 Å². The van der Waals surface area contributed by atoms with Crippen LogP contribution in [0.1, 0.15) is 31.2 Å². The van der Waals surface area contributed by atoms with E-state index in [9.17, 15) is 4.79 Å². The quantitative estimate of drug-likeness (QED) is 0.913. The fourth-order valence-electron chi connectivity index (χ4n) is 2.88. The predicted molar refractivity (Wildman–Crippen MR) is 74.9 cm³/mol. The molecule has 3 heteroatoms. The average Bonchev–Trinajstić information content (AvgIpc) is 3.08. The van der Waals surface area contributed by atoms with Crippen LogP contribution in [0.5, 0.6) is 0 Å². The van der Waals surface area contributed by atoms with Crippen LogP contribution in [0, 0.1) is 5.92 Å². The lowest BCUT2D eigenvalue weighted by atomic mass is 10.1. The van der Waals surface area contributed by atoms with E-state index >= 15 is 0 Å². The van der Waals surface area contributed by atoms with Gasteiger partial charge in [0.2, 0.25) is 5.91 Å². The van der Waals surface area contributed by atoms with Crippen LogP contribution in [0.2, 0.25) is 0 Å². The van der Waals surface area contributed by atoms with Gasteiger partial charge in [-0.3, -0.25) is 4.79 Å². The summed E-state index contributed by atoms with van der Waals surface area (Å²) in [5, 5.41) is 4.20. The second-order valence-electron chi connectivity index (χ2n) is 5.28. The van der Waals surface area contributed by atoms with Crippen LogP contribution < -0.4 is 5.32 Å². The lowest BCUT2D eigenvalue weighted by Gasteiger charge is -2.09. The molecule has 1 N–H and O–H groups in total. The molecule has 0 spiro atoms. The highest BCUT2D eigenvalue weighted by molar-refractivity contribution is 5.81. The lowest BCUT2D eigenvalue weighted by Crippen LogP contribution is -2.30. The van der Waals surface area contributed by atoms with E-state index in [4.69, 9.17) is 4.42 Å². The molecule has 100 valence electrons. The van der Waals surface area contributed by atoms with Crippen LogP contribution in [0.4, 0.5) is 0 Å². The van der Waals surface area contributed by atoms with E-state index < -0.39 is 0 Å². The summed E-state index contributed by atoms with van der Waals surface area (Å²) in [5.41, 5.74) is 2.09. The van der Waals surface area contributed by atoms with Crippen LogP contribution in [-0.2, 0) is 11.2 Å². The third kappa shape index (κ3) is 2.65. The molecule has 1 heterocycles. The molecule has 0 saturated heterocycles. The summed E-state index contributed by atoms with van der Waals surface area (Å²) in [6.07, 6.45) is 7.14. The molecule has 3 rings (SSSR count). The summed E-state index contributed by atoms with van der Waals surface area (Å²) in [5.74, 6) is 0.478. The van der Waals surface area contributed by atoms with Crippen LogP contribution in [0.3, 0.4) is 0 Å². The van der Waals surface area contributed by atoms with Crippen LogP contribution in [0.25, 0.3) is 11.0 Å². The second kappa shape index (κ2) is 5.47. The minimum atomic E-state index is 0.227. The highest BCUT2D eigenvalue weighted by Gasteiger charge is 2.22. The topological polar surface area (TPSA) is 42.2 Å². The molecule has 1 fully saturated rings. The Labute approximate surface area is 113 Å². The molecule has 3 nitrogen and oxygen atoms in total. The standard InChI is InChI=1S/C16H19NO2/c18-16(12-5-1-2-6-12)17-10-9-13-11-19-15-8-4-3-7-14(13)15/h3-4,7-8,11-12H,1-2,5-6,9-10H2,(H,17,18). The van der Waals surface area contributed by atoms with Crippen molar-refractivity contribution < 1.29 is 9.21 Å². The van der Waals surface area contributed by atoms with Gasteiger partial charge in [-0.2, -0.15) is 0 Å². The first-order valence-corrected chi connectivity index (χ1v) is 7.07. The van der Waals surface area contributed by atoms with E-state index in [1.165, 1.54) is 18.4 Å². The van der Waals surface area contributed by atoms with Gasteiger partial charge in [-0.05, 0) is 30.9 Å². The summed E-state index contributed by atoms with van der Waals surface area (Å²) >= 11 is 0. The maximum absolute atomic E-state index is 11.9. The number of furan rings is 1. The van der Waals surface area contributed by atoms with E-state index in [0.717, 1.165) is 30.2 Å². The van der Waals surface area contributed by atoms with Crippen molar-refractivity contribution in [2.45, 2.75) is 32.1 Å². The zero-order chi connectivity index (χ0) is 13.1. The number of para-hydroxylation sites is 1. The summed E-state index contributed by atoms with van der Waals surface area (Å²) < 4.78 is 5.49. The van der Waals surface area contributed by atoms with Gasteiger partial charge in [0.1, 0.15) is 5.58 Å². The summed E-state index contributed by atoms with van der Waals surface area (Å²) in [6, 6.07) is 8.01. The molecule has 1 aliphatic rings. The third-order valence-corrected chi connectivity index (χ3v) is 3.98. The van der Waals surface area contributed by atoms with Gasteiger partial charge in [0.25, 0.3) is 0 Å². The number of hydrogen-bond acceptors (Lipinski definition) is 2. The minimum absolute atomic E-state index is 0.227. The molecule has 1 saturated carbocycles. The number of nitrogens with one attached hydrogen (secondary N) is 1. The first-order chi connectivity index (χ1) is 9.34. The molecular formula is C16H19NO2. The normalized spacial score (nSPS) is 16.0. The van der Waals surface area contributed by atoms with E-state index in [-0.39, 0.29) is 11.8 Å². The molecule has 0 bridgehead atoms. The number of benzene rings is 1. The summed E-state index contributed by atoms with van der Waals surface area (Å²) in [4.78, 5) is 11.9. The van der Waals surface area contributed by atoms with E-state index in [0.29, 0.717) is 6.54 Å². The Balaban J connectivity index is 1.56. The maximum Gasteiger partial charge on any atom is 0.223 e. The molecule has 2 aromatic rings. The molecule has 1 aromatic carbocycles. The molecule has 0 aliphatic heterocycles. The van der Waals surface area contributed by atoms with Crippen LogP contribution >= 0.6 is 0 Å². The van der Waals surface area contributed by atoms with Crippen LogP contribution in [-0.4, -0.2) is 12.5 Å². The van der Waals surface area contributed by atoms with Crippen molar-refractivity contribution >= 4 is 16.9 Å². The number of fused-ring (bicyclic) bond motifs is 1. The highest BCUT2D eigenvalue weighted by Crippen LogP contribution is 2.25. The number of carbonyl (C=O) groups is 1. The Morgan fingerprint density at radius 1 is 1.26 bits per heavy atom. The number of carbonyl (C=O) groups excluding carboxylic acids is 1. The number of rotatable bonds is 4. The Morgan fingerprint density at radius 2 is 2.05 bits per heavy atom. The molecule has 19 heavy (non-hydrogen) atoms. The van der Waals surface area contributed by atoms with Crippen LogP contribution in [0.15, 0.2) is 34.9 Å². The largest absolute Gasteiger partial charge is 0.464 e. The monoisotopic (exact) mass is 257 g/mol. The average molecular weight is 257 g/mol. The summed E-state index contributed by atoms with van der Waals surface area (Å²) in [7, 11) is 0. The molecule has 0 radical (unpaired) electrons. The van der Waals surface area contributed by atoms with Gasteiger partial charge in [0.15, 0.2) is 0 Å². The van der Waals surface area contributed by atoms with E-state index in [2.05, 4.69) is 11.4 Å². The van der Waals surface area contributed by atoms with Gasteiger partial charge < -0.3 is 9.73 Å². The first kappa shape index (κ1) is 12.3. The SMILES string of the molecule is O=C(NCCc1coc2ccccc12)C1CCCC1. The van der Waals surface area contributed by atoms with Gasteiger partial charge in [0, 0.05) is 17.8 Å². The molecule has 0 atom stereocenters. The maximum atomic E-state index is 11.9. The second-order valence-corrected chi connectivity index (χ2v) is 5.28. The van der Waals surface area contributed by atoms with Crippen molar-refractivity contribution in [3.05, 3.63) is 36.1 Å². The fraction of sp³-hybridized carbons (Fsp3) is 0.438. The van der Waals surface area contributed by atoms with Crippen molar-refractivity contribution in [3.8, 4) is 0 Å². The van der Waals surface area contributed by atoms with Gasteiger partial charge in [-0.25, -0.2) is 0 Å². The fourth-order valence-corrected chi connectivity index (χ4v) is 2.88. The van der Waals surface area contributed by atoms with Gasteiger partial charge in [0.05, 0.1) is 6.26 Å². The first-order valence-electron chi connectivity index (χ1n) is 7.07. The molecular weight excluding hydrogens is 238 g/mol. The number of amides is 1. The zero-order valence-electron chi connectivity index (χ0n) is 11.0. The van der Waals surface area contributed by atoms with Crippen molar-refractivity contribution in [3.63, 3.8) is 0 Å². The Kier molecular flexibility index (Phi) is 3.53. The van der Waals surface area contributed by atoms with Gasteiger partial charge in [-0.15, -0.1) is 0 Å². The smallest absolute Gasteiger partial charge is 0.223 e. The molecule has 1 aromatic heterocycles. The van der Waals surface area contributed by atoms with Crippen molar-refractivity contribution in [1.29, 1.82) is 0 Å². The van der Waals surface area contributed by atoms with Gasteiger partial charge in [-0.1, -0.05) is 31.0 Å². The predicted octanol–water partition coefficient (Wildman–Crippen LogP) is 3.28. The van der Waals surface area contributed by atoms with E-state index in [1.54, 1.807) is 6.26 Å². The molecule has 1 amide bonds. The highest BCUT2D eigenvalue weighted by atomic mass is 16.3. The number of hydrogen-bond donors (Lipinski definition) is 1. The lowest BCUT2D eigenvalue weighted by molar-refractivity contribution is -0.124. The minimum Gasteiger partial charge on any atom is -0.464 e. The molecule has 0 unspecified atom stereocenters. The Morgan fingerprint density at radius 3 is 2.89 bits per heavy atom. The Hall–Kier alpha value is -1.77. The zero-order valence-corrected chi connectivity index (χ0v) is 11.0. The molecule has 1 aliphatic carbocycles. The third-order valence-electron chi connectivity index (χ3n) is 3.98.